The fourth-order valence-electron chi connectivity index (χ4n) is 3.08. The van der Waals surface area contributed by atoms with E-state index in [1.807, 2.05) is 60.7 Å². The summed E-state index contributed by atoms with van der Waals surface area (Å²) in [5.41, 5.74) is 1.97. The van der Waals surface area contributed by atoms with Crippen LogP contribution in [0.3, 0.4) is 0 Å². The second-order valence-electron chi connectivity index (χ2n) is 6.10. The van der Waals surface area contributed by atoms with E-state index in [-0.39, 0.29) is 17.7 Å². The summed E-state index contributed by atoms with van der Waals surface area (Å²) >= 11 is 0. The number of ketones is 1. The van der Waals surface area contributed by atoms with Crippen molar-refractivity contribution in [2.24, 2.45) is 0 Å². The number of carbonyl (C=O) groups is 2. The number of hydrogen-bond donors (Lipinski definition) is 1. The molecule has 1 atom stereocenters. The minimum Gasteiger partial charge on any atom is -0.330 e. The van der Waals surface area contributed by atoms with Gasteiger partial charge < -0.3 is 10.2 Å². The highest BCUT2D eigenvalue weighted by Crippen LogP contribution is 2.12. The van der Waals surface area contributed by atoms with Crippen LogP contribution in [-0.4, -0.2) is 42.3 Å². The maximum atomic E-state index is 12.7. The fourth-order valence-corrected chi connectivity index (χ4v) is 3.08. The third-order valence-corrected chi connectivity index (χ3v) is 4.35. The quantitative estimate of drug-likeness (QED) is 0.914. The van der Waals surface area contributed by atoms with Crippen LogP contribution >= 0.6 is 0 Å². The smallest absolute Gasteiger partial charge is 0.227 e. The Morgan fingerprint density at radius 1 is 0.917 bits per heavy atom. The van der Waals surface area contributed by atoms with Gasteiger partial charge in [0.15, 0.2) is 5.78 Å². The first-order valence-electron chi connectivity index (χ1n) is 8.35. The second kappa shape index (κ2) is 7.88. The molecule has 1 fully saturated rings. The van der Waals surface area contributed by atoms with E-state index >= 15 is 0 Å². The summed E-state index contributed by atoms with van der Waals surface area (Å²) in [4.78, 5) is 27.1. The topological polar surface area (TPSA) is 49.4 Å². The molecule has 1 saturated heterocycles. The molecule has 4 heteroatoms. The summed E-state index contributed by atoms with van der Waals surface area (Å²) < 4.78 is 0. The van der Waals surface area contributed by atoms with Gasteiger partial charge in [0, 0.05) is 26.1 Å². The van der Waals surface area contributed by atoms with Crippen molar-refractivity contribution in [3.8, 4) is 0 Å². The molecule has 2 aromatic rings. The van der Waals surface area contributed by atoms with Crippen molar-refractivity contribution < 1.29 is 9.59 Å². The van der Waals surface area contributed by atoms with E-state index in [1.165, 1.54) is 0 Å². The molecule has 0 radical (unpaired) electrons. The summed E-state index contributed by atoms with van der Waals surface area (Å²) in [7, 11) is 0. The molecule has 4 nitrogen and oxygen atoms in total. The maximum Gasteiger partial charge on any atom is 0.227 e. The van der Waals surface area contributed by atoms with Crippen molar-refractivity contribution in [2.45, 2.75) is 18.9 Å². The van der Waals surface area contributed by atoms with Crippen molar-refractivity contribution >= 4 is 11.7 Å². The van der Waals surface area contributed by atoms with Gasteiger partial charge in [-0.2, -0.15) is 0 Å². The zero-order valence-corrected chi connectivity index (χ0v) is 13.7. The molecule has 0 bridgehead atoms. The number of nitrogens with zero attached hydrogens (tertiary/aromatic N) is 1. The molecule has 0 saturated carbocycles. The van der Waals surface area contributed by atoms with Crippen LogP contribution in [-0.2, 0) is 22.4 Å². The molecule has 0 aliphatic carbocycles. The van der Waals surface area contributed by atoms with Crippen molar-refractivity contribution in [1.82, 2.24) is 10.2 Å². The number of benzene rings is 2. The first-order chi connectivity index (χ1) is 11.7. The van der Waals surface area contributed by atoms with Gasteiger partial charge in [0.2, 0.25) is 5.91 Å². The number of piperazine rings is 1. The Bertz CT molecular complexity index is 624. The number of Topliss-reactive ketones (excluding diaryl/α,β-unsaturated/α-hetero) is 1. The highest BCUT2D eigenvalue weighted by Gasteiger charge is 2.31. The number of carbonyl (C=O) groups excluding carboxylic acids is 2. The molecule has 3 rings (SSSR count). The molecule has 2 aromatic carbocycles. The second-order valence-corrected chi connectivity index (χ2v) is 6.10. The highest BCUT2D eigenvalue weighted by atomic mass is 16.2. The third-order valence-electron chi connectivity index (χ3n) is 4.35. The first-order valence-corrected chi connectivity index (χ1v) is 8.35. The molecular formula is C20H22N2O2. The van der Waals surface area contributed by atoms with Gasteiger partial charge in [-0.25, -0.2) is 0 Å². The lowest BCUT2D eigenvalue weighted by molar-refractivity contribution is -0.139. The van der Waals surface area contributed by atoms with Gasteiger partial charge in [0.05, 0.1) is 6.42 Å². The zero-order chi connectivity index (χ0) is 16.8. The number of amides is 1. The van der Waals surface area contributed by atoms with Crippen LogP contribution < -0.4 is 5.32 Å². The molecule has 1 aliphatic heterocycles. The Morgan fingerprint density at radius 2 is 1.50 bits per heavy atom. The fraction of sp³-hybridized carbons (Fsp3) is 0.300. The van der Waals surface area contributed by atoms with Crippen LogP contribution in [0.4, 0.5) is 0 Å². The summed E-state index contributed by atoms with van der Waals surface area (Å²) in [6.07, 6.45) is 0.707. The Balaban J connectivity index is 1.68. The minimum atomic E-state index is -0.379. The lowest BCUT2D eigenvalue weighted by Gasteiger charge is -2.35. The van der Waals surface area contributed by atoms with E-state index < -0.39 is 0 Å². The van der Waals surface area contributed by atoms with E-state index in [9.17, 15) is 9.59 Å². The SMILES string of the molecule is O=C(Cc1ccccc1)C1CNCCN1C(=O)Cc1ccccc1. The van der Waals surface area contributed by atoms with Crippen molar-refractivity contribution in [1.29, 1.82) is 0 Å². The standard InChI is InChI=1S/C20H22N2O2/c23-19(13-16-7-3-1-4-8-16)18-15-21-11-12-22(18)20(24)14-17-9-5-2-6-10-17/h1-10,18,21H,11-15H2. The van der Waals surface area contributed by atoms with Crippen LogP contribution in [0.2, 0.25) is 0 Å². The molecule has 1 N–H and O–H groups in total. The molecule has 0 spiro atoms. The van der Waals surface area contributed by atoms with E-state index in [0.717, 1.165) is 17.7 Å². The minimum absolute atomic E-state index is 0.0223. The Kier molecular flexibility index (Phi) is 5.39. The van der Waals surface area contributed by atoms with Gasteiger partial charge in [-0.05, 0) is 11.1 Å². The summed E-state index contributed by atoms with van der Waals surface area (Å²) in [6, 6.07) is 19.0. The summed E-state index contributed by atoms with van der Waals surface area (Å²) in [5, 5.41) is 3.24. The first kappa shape index (κ1) is 16.4. The van der Waals surface area contributed by atoms with Crippen LogP contribution in [0.25, 0.3) is 0 Å². The third kappa shape index (κ3) is 4.09. The van der Waals surface area contributed by atoms with Gasteiger partial charge in [0.25, 0.3) is 0 Å². The van der Waals surface area contributed by atoms with Crippen LogP contribution in [0.1, 0.15) is 11.1 Å². The molecule has 1 heterocycles. The van der Waals surface area contributed by atoms with Crippen LogP contribution in [0, 0.1) is 0 Å². The van der Waals surface area contributed by atoms with Gasteiger partial charge >= 0.3 is 0 Å². The summed E-state index contributed by atoms with van der Waals surface area (Å²) in [6.45, 7) is 1.85. The predicted octanol–water partition coefficient (Wildman–Crippen LogP) is 1.84. The Morgan fingerprint density at radius 3 is 2.12 bits per heavy atom. The molecule has 1 unspecified atom stereocenters. The van der Waals surface area contributed by atoms with Crippen molar-refractivity contribution in [3.05, 3.63) is 71.8 Å². The molecular weight excluding hydrogens is 300 g/mol. The molecule has 24 heavy (non-hydrogen) atoms. The lowest BCUT2D eigenvalue weighted by Crippen LogP contribution is -2.57. The number of nitrogens with one attached hydrogen (secondary N) is 1. The monoisotopic (exact) mass is 322 g/mol. The van der Waals surface area contributed by atoms with Gasteiger partial charge in [-0.3, -0.25) is 9.59 Å². The maximum absolute atomic E-state index is 12.7. The average Bonchev–Trinajstić information content (AvgIpc) is 2.63. The largest absolute Gasteiger partial charge is 0.330 e. The number of hydrogen-bond acceptors (Lipinski definition) is 3. The summed E-state index contributed by atoms with van der Waals surface area (Å²) in [5.74, 6) is 0.115. The van der Waals surface area contributed by atoms with E-state index in [0.29, 0.717) is 25.9 Å². The zero-order valence-electron chi connectivity index (χ0n) is 13.7. The molecule has 124 valence electrons. The van der Waals surface area contributed by atoms with Crippen molar-refractivity contribution in [2.75, 3.05) is 19.6 Å². The normalized spacial score (nSPS) is 17.5. The molecule has 0 aromatic heterocycles. The van der Waals surface area contributed by atoms with Crippen molar-refractivity contribution in [3.63, 3.8) is 0 Å². The van der Waals surface area contributed by atoms with Gasteiger partial charge in [0.1, 0.15) is 6.04 Å². The number of rotatable bonds is 5. The predicted molar refractivity (Wildman–Crippen MR) is 93.7 cm³/mol. The lowest BCUT2D eigenvalue weighted by atomic mass is 10.00. The highest BCUT2D eigenvalue weighted by molar-refractivity contribution is 5.91. The Hall–Kier alpha value is -2.46. The average molecular weight is 322 g/mol. The molecule has 1 aliphatic rings. The van der Waals surface area contributed by atoms with Crippen LogP contribution in [0.15, 0.2) is 60.7 Å². The van der Waals surface area contributed by atoms with Gasteiger partial charge in [-0.15, -0.1) is 0 Å². The Labute approximate surface area is 142 Å². The molecule has 1 amide bonds. The van der Waals surface area contributed by atoms with E-state index in [4.69, 9.17) is 0 Å². The van der Waals surface area contributed by atoms with E-state index in [1.54, 1.807) is 4.90 Å². The van der Waals surface area contributed by atoms with Gasteiger partial charge in [-0.1, -0.05) is 60.7 Å². The van der Waals surface area contributed by atoms with E-state index in [2.05, 4.69) is 5.32 Å². The van der Waals surface area contributed by atoms with Crippen LogP contribution in [0.5, 0.6) is 0 Å².